The molecule has 1 aliphatic carbocycles. The van der Waals surface area contributed by atoms with Gasteiger partial charge in [-0.15, -0.1) is 0 Å². The first-order chi connectivity index (χ1) is 7.94. The van der Waals surface area contributed by atoms with E-state index in [9.17, 15) is 13.2 Å². The van der Waals surface area contributed by atoms with Crippen LogP contribution in [0.3, 0.4) is 0 Å². The molecule has 0 amide bonds. The van der Waals surface area contributed by atoms with Crippen molar-refractivity contribution in [2.24, 2.45) is 0 Å². The van der Waals surface area contributed by atoms with Crippen LogP contribution in [-0.2, 0) is 6.54 Å². The van der Waals surface area contributed by atoms with Gasteiger partial charge in [0.15, 0.2) is 0 Å². The van der Waals surface area contributed by atoms with Crippen LogP contribution in [0.4, 0.5) is 18.9 Å². The molecule has 1 aromatic carbocycles. The summed E-state index contributed by atoms with van der Waals surface area (Å²) in [5.41, 5.74) is 7.04. The maximum Gasteiger partial charge on any atom is 0.401 e. The summed E-state index contributed by atoms with van der Waals surface area (Å²) >= 11 is 0. The molecule has 0 atom stereocenters. The first kappa shape index (κ1) is 12.2. The van der Waals surface area contributed by atoms with Gasteiger partial charge in [0.1, 0.15) is 0 Å². The summed E-state index contributed by atoms with van der Waals surface area (Å²) in [6, 6.07) is 7.12. The smallest absolute Gasteiger partial charge is 0.399 e. The summed E-state index contributed by atoms with van der Waals surface area (Å²) in [4.78, 5) is 1.48. The van der Waals surface area contributed by atoms with Crippen molar-refractivity contribution in [3.8, 4) is 0 Å². The fourth-order valence-corrected chi connectivity index (χ4v) is 1.91. The van der Waals surface area contributed by atoms with Crippen LogP contribution in [0.15, 0.2) is 24.3 Å². The summed E-state index contributed by atoms with van der Waals surface area (Å²) in [7, 11) is 0. The Hall–Kier alpha value is -1.23. The van der Waals surface area contributed by atoms with Gasteiger partial charge in [-0.3, -0.25) is 4.90 Å². The second kappa shape index (κ2) is 4.56. The molecule has 5 heteroatoms. The minimum absolute atomic E-state index is 0.0815. The molecule has 1 saturated carbocycles. The van der Waals surface area contributed by atoms with Crippen molar-refractivity contribution in [1.82, 2.24) is 4.90 Å². The molecule has 0 aromatic heterocycles. The number of rotatable bonds is 4. The van der Waals surface area contributed by atoms with Gasteiger partial charge in [-0.1, -0.05) is 12.1 Å². The monoisotopic (exact) mass is 244 g/mol. The molecule has 0 bridgehead atoms. The number of halogens is 3. The molecule has 94 valence electrons. The van der Waals surface area contributed by atoms with E-state index >= 15 is 0 Å². The number of anilines is 1. The first-order valence-electron chi connectivity index (χ1n) is 5.59. The molecule has 0 spiro atoms. The fraction of sp³-hybridized carbons (Fsp3) is 0.500. The topological polar surface area (TPSA) is 29.3 Å². The molecule has 0 heterocycles. The fourth-order valence-electron chi connectivity index (χ4n) is 1.91. The second-order valence-electron chi connectivity index (χ2n) is 4.50. The normalized spacial score (nSPS) is 16.5. The predicted molar refractivity (Wildman–Crippen MR) is 60.3 cm³/mol. The van der Waals surface area contributed by atoms with E-state index < -0.39 is 12.7 Å². The Morgan fingerprint density at radius 2 is 2.00 bits per heavy atom. The molecule has 2 nitrogen and oxygen atoms in total. The maximum absolute atomic E-state index is 12.4. The molecule has 0 saturated heterocycles. The SMILES string of the molecule is Nc1cccc(CN(CC(F)(F)F)C2CC2)c1. The van der Waals surface area contributed by atoms with E-state index in [0.717, 1.165) is 18.4 Å². The highest BCUT2D eigenvalue weighted by Gasteiger charge is 2.37. The molecular weight excluding hydrogens is 229 g/mol. The van der Waals surface area contributed by atoms with Crippen molar-refractivity contribution < 1.29 is 13.2 Å². The highest BCUT2D eigenvalue weighted by Crippen LogP contribution is 2.31. The zero-order valence-electron chi connectivity index (χ0n) is 9.37. The van der Waals surface area contributed by atoms with Crippen molar-refractivity contribution >= 4 is 5.69 Å². The minimum Gasteiger partial charge on any atom is -0.399 e. The van der Waals surface area contributed by atoms with Crippen molar-refractivity contribution in [2.75, 3.05) is 12.3 Å². The zero-order valence-corrected chi connectivity index (χ0v) is 9.37. The molecular formula is C12H15F3N2. The Balaban J connectivity index is 2.02. The van der Waals surface area contributed by atoms with E-state index in [0.29, 0.717) is 12.2 Å². The molecule has 2 rings (SSSR count). The molecule has 17 heavy (non-hydrogen) atoms. The first-order valence-corrected chi connectivity index (χ1v) is 5.59. The molecule has 2 N–H and O–H groups in total. The Morgan fingerprint density at radius 3 is 2.53 bits per heavy atom. The molecule has 1 aliphatic rings. The summed E-state index contributed by atoms with van der Waals surface area (Å²) in [6.07, 6.45) is -2.42. The van der Waals surface area contributed by atoms with E-state index in [1.807, 2.05) is 6.07 Å². The maximum atomic E-state index is 12.4. The predicted octanol–water partition coefficient (Wildman–Crippen LogP) is 2.80. The number of hydrogen-bond acceptors (Lipinski definition) is 2. The number of nitrogens with zero attached hydrogens (tertiary/aromatic N) is 1. The van der Waals surface area contributed by atoms with E-state index in [-0.39, 0.29) is 6.04 Å². The van der Waals surface area contributed by atoms with Gasteiger partial charge in [0.05, 0.1) is 6.54 Å². The lowest BCUT2D eigenvalue weighted by atomic mass is 10.2. The Kier molecular flexibility index (Phi) is 3.28. The number of benzene rings is 1. The second-order valence-corrected chi connectivity index (χ2v) is 4.50. The summed E-state index contributed by atoms with van der Waals surface area (Å²) < 4.78 is 37.2. The Bertz CT molecular complexity index is 386. The van der Waals surface area contributed by atoms with Crippen LogP contribution in [0.5, 0.6) is 0 Å². The van der Waals surface area contributed by atoms with Crippen molar-refractivity contribution in [1.29, 1.82) is 0 Å². The van der Waals surface area contributed by atoms with Crippen LogP contribution in [0.2, 0.25) is 0 Å². The third-order valence-corrected chi connectivity index (χ3v) is 2.78. The van der Waals surface area contributed by atoms with Crippen molar-refractivity contribution in [3.63, 3.8) is 0 Å². The molecule has 1 aromatic rings. The minimum atomic E-state index is -4.14. The van der Waals surface area contributed by atoms with Crippen LogP contribution in [0, 0.1) is 0 Å². The van der Waals surface area contributed by atoms with Crippen LogP contribution >= 0.6 is 0 Å². The van der Waals surface area contributed by atoms with Gasteiger partial charge < -0.3 is 5.73 Å². The van der Waals surface area contributed by atoms with E-state index in [2.05, 4.69) is 0 Å². The number of nitrogen functional groups attached to an aromatic ring is 1. The van der Waals surface area contributed by atoms with Gasteiger partial charge >= 0.3 is 6.18 Å². The zero-order chi connectivity index (χ0) is 12.5. The quantitative estimate of drug-likeness (QED) is 0.825. The number of nitrogens with two attached hydrogens (primary N) is 1. The standard InChI is InChI=1S/C12H15F3N2/c13-12(14,15)8-17(11-4-5-11)7-9-2-1-3-10(16)6-9/h1-3,6,11H,4-5,7-8,16H2. The van der Waals surface area contributed by atoms with Gasteiger partial charge in [0.2, 0.25) is 0 Å². The average Bonchev–Trinajstić information content (AvgIpc) is 2.97. The average molecular weight is 244 g/mol. The third-order valence-electron chi connectivity index (χ3n) is 2.78. The van der Waals surface area contributed by atoms with Gasteiger partial charge in [-0.05, 0) is 30.5 Å². The highest BCUT2D eigenvalue weighted by atomic mass is 19.4. The van der Waals surface area contributed by atoms with Crippen molar-refractivity contribution in [3.05, 3.63) is 29.8 Å². The van der Waals surface area contributed by atoms with Gasteiger partial charge in [0, 0.05) is 18.3 Å². The van der Waals surface area contributed by atoms with Gasteiger partial charge in [-0.2, -0.15) is 13.2 Å². The van der Waals surface area contributed by atoms with E-state index in [4.69, 9.17) is 5.73 Å². The Morgan fingerprint density at radius 1 is 1.29 bits per heavy atom. The molecule has 0 aliphatic heterocycles. The highest BCUT2D eigenvalue weighted by molar-refractivity contribution is 5.40. The summed E-state index contributed by atoms with van der Waals surface area (Å²) in [5, 5.41) is 0. The lowest BCUT2D eigenvalue weighted by Gasteiger charge is -2.23. The van der Waals surface area contributed by atoms with Gasteiger partial charge in [-0.25, -0.2) is 0 Å². The summed E-state index contributed by atoms with van der Waals surface area (Å²) in [6.45, 7) is -0.526. The molecule has 0 radical (unpaired) electrons. The van der Waals surface area contributed by atoms with Crippen LogP contribution in [0.25, 0.3) is 0 Å². The number of hydrogen-bond donors (Lipinski definition) is 1. The molecule has 0 unspecified atom stereocenters. The van der Waals surface area contributed by atoms with Crippen LogP contribution in [0.1, 0.15) is 18.4 Å². The lowest BCUT2D eigenvalue weighted by Crippen LogP contribution is -2.35. The van der Waals surface area contributed by atoms with Gasteiger partial charge in [0.25, 0.3) is 0 Å². The van der Waals surface area contributed by atoms with Crippen LogP contribution in [-0.4, -0.2) is 23.7 Å². The van der Waals surface area contributed by atoms with Crippen molar-refractivity contribution in [2.45, 2.75) is 31.6 Å². The number of alkyl halides is 3. The largest absolute Gasteiger partial charge is 0.401 e. The van der Waals surface area contributed by atoms with E-state index in [1.54, 1.807) is 18.2 Å². The summed E-state index contributed by atoms with van der Waals surface area (Å²) in [5.74, 6) is 0. The van der Waals surface area contributed by atoms with Crippen LogP contribution < -0.4 is 5.73 Å². The third kappa shape index (κ3) is 3.93. The lowest BCUT2D eigenvalue weighted by molar-refractivity contribution is -0.148. The molecule has 1 fully saturated rings. The Labute approximate surface area is 98.2 Å². The van der Waals surface area contributed by atoms with E-state index in [1.165, 1.54) is 4.90 Å².